The second-order valence-electron chi connectivity index (χ2n) is 3.70. The van der Waals surface area contributed by atoms with Crippen molar-refractivity contribution in [1.29, 1.82) is 0 Å². The average Bonchev–Trinajstić information content (AvgIpc) is 2.29. The molecule has 1 heterocycles. The van der Waals surface area contributed by atoms with Gasteiger partial charge in [0.2, 0.25) is 0 Å². The highest BCUT2D eigenvalue weighted by molar-refractivity contribution is 9.11. The number of allylic oxidation sites excluding steroid dienone is 3. The molecule has 12 heavy (non-hydrogen) atoms. The zero-order valence-corrected chi connectivity index (χ0v) is 8.93. The SMILES string of the molecule is CC1C=C2C=C(Br)N=C2C(C)C1. The van der Waals surface area contributed by atoms with Gasteiger partial charge in [-0.25, -0.2) is 4.99 Å². The van der Waals surface area contributed by atoms with E-state index in [1.165, 1.54) is 17.7 Å². The first kappa shape index (κ1) is 8.24. The molecule has 2 rings (SSSR count). The fourth-order valence-corrected chi connectivity index (χ4v) is 2.42. The molecule has 0 fully saturated rings. The largest absolute Gasteiger partial charge is 0.245 e. The van der Waals surface area contributed by atoms with Crippen LogP contribution in [0.1, 0.15) is 20.3 Å². The third-order valence-corrected chi connectivity index (χ3v) is 2.86. The van der Waals surface area contributed by atoms with Crippen LogP contribution in [0.4, 0.5) is 0 Å². The van der Waals surface area contributed by atoms with Crippen molar-refractivity contribution in [1.82, 2.24) is 0 Å². The minimum absolute atomic E-state index is 0.617. The van der Waals surface area contributed by atoms with E-state index >= 15 is 0 Å². The molecule has 0 bridgehead atoms. The van der Waals surface area contributed by atoms with Crippen molar-refractivity contribution in [2.24, 2.45) is 16.8 Å². The molecule has 0 spiro atoms. The van der Waals surface area contributed by atoms with Crippen LogP contribution in [0.2, 0.25) is 0 Å². The predicted octanol–water partition coefficient (Wildman–Crippen LogP) is 3.28. The Balaban J connectivity index is 2.40. The summed E-state index contributed by atoms with van der Waals surface area (Å²) < 4.78 is 0.977. The van der Waals surface area contributed by atoms with Crippen molar-refractivity contribution >= 4 is 21.6 Å². The fourth-order valence-electron chi connectivity index (χ4n) is 1.99. The second kappa shape index (κ2) is 2.84. The molecule has 0 N–H and O–H groups in total. The third kappa shape index (κ3) is 1.28. The number of aliphatic imine (C=N–C) groups is 1. The topological polar surface area (TPSA) is 12.4 Å². The zero-order chi connectivity index (χ0) is 8.72. The van der Waals surface area contributed by atoms with Crippen LogP contribution < -0.4 is 0 Å². The van der Waals surface area contributed by atoms with Crippen molar-refractivity contribution < 1.29 is 0 Å². The number of nitrogens with zero attached hydrogens (tertiary/aromatic N) is 1. The fraction of sp³-hybridized carbons (Fsp3) is 0.500. The van der Waals surface area contributed by atoms with Gasteiger partial charge in [-0.1, -0.05) is 19.9 Å². The summed E-state index contributed by atoms with van der Waals surface area (Å²) >= 11 is 3.41. The minimum Gasteiger partial charge on any atom is -0.245 e. The van der Waals surface area contributed by atoms with Crippen molar-refractivity contribution in [3.63, 3.8) is 0 Å². The van der Waals surface area contributed by atoms with Crippen LogP contribution in [0, 0.1) is 11.8 Å². The number of halogens is 1. The lowest BCUT2D eigenvalue weighted by atomic mass is 9.83. The molecule has 0 aromatic rings. The molecule has 2 atom stereocenters. The standard InChI is InChI=1S/C10H12BrN/c1-6-3-7(2)10-8(4-6)5-9(11)12-10/h4-7H,3H2,1-2H3. The van der Waals surface area contributed by atoms with Gasteiger partial charge in [-0.2, -0.15) is 0 Å². The first-order chi connectivity index (χ1) is 5.66. The number of fused-ring (bicyclic) bond motifs is 1. The molecule has 1 aliphatic heterocycles. The van der Waals surface area contributed by atoms with Gasteiger partial charge in [0.15, 0.2) is 0 Å². The van der Waals surface area contributed by atoms with Gasteiger partial charge < -0.3 is 0 Å². The molecule has 0 saturated heterocycles. The highest BCUT2D eigenvalue weighted by atomic mass is 79.9. The monoisotopic (exact) mass is 225 g/mol. The molecule has 0 aromatic carbocycles. The van der Waals surface area contributed by atoms with Crippen LogP contribution in [0.15, 0.2) is 27.3 Å². The highest BCUT2D eigenvalue weighted by Crippen LogP contribution is 2.32. The molecule has 0 amide bonds. The number of hydrogen-bond donors (Lipinski definition) is 0. The van der Waals surface area contributed by atoms with Gasteiger partial charge in [-0.05, 0) is 45.8 Å². The van der Waals surface area contributed by atoms with Crippen LogP contribution in [0.25, 0.3) is 0 Å². The van der Waals surface area contributed by atoms with Gasteiger partial charge in [-0.3, -0.25) is 0 Å². The molecule has 0 radical (unpaired) electrons. The van der Waals surface area contributed by atoms with E-state index < -0.39 is 0 Å². The Kier molecular flexibility index (Phi) is 1.95. The van der Waals surface area contributed by atoms with Gasteiger partial charge in [0.25, 0.3) is 0 Å². The third-order valence-electron chi connectivity index (χ3n) is 2.45. The van der Waals surface area contributed by atoms with Crippen molar-refractivity contribution in [2.45, 2.75) is 20.3 Å². The van der Waals surface area contributed by atoms with Gasteiger partial charge >= 0.3 is 0 Å². The molecule has 2 heteroatoms. The summed E-state index contributed by atoms with van der Waals surface area (Å²) in [5.41, 5.74) is 2.59. The van der Waals surface area contributed by atoms with E-state index in [0.717, 1.165) is 4.61 Å². The Labute approximate surface area is 81.4 Å². The summed E-state index contributed by atoms with van der Waals surface area (Å²) in [6.07, 6.45) is 5.66. The van der Waals surface area contributed by atoms with Crippen LogP contribution >= 0.6 is 15.9 Å². The smallest absolute Gasteiger partial charge is 0.107 e. The maximum atomic E-state index is 4.45. The highest BCUT2D eigenvalue weighted by Gasteiger charge is 2.25. The van der Waals surface area contributed by atoms with E-state index in [9.17, 15) is 0 Å². The Morgan fingerprint density at radius 1 is 1.50 bits per heavy atom. The van der Waals surface area contributed by atoms with E-state index in [4.69, 9.17) is 0 Å². The lowest BCUT2D eigenvalue weighted by molar-refractivity contribution is 0.553. The van der Waals surface area contributed by atoms with E-state index in [1.54, 1.807) is 0 Å². The first-order valence-corrected chi connectivity index (χ1v) is 5.14. The van der Waals surface area contributed by atoms with Gasteiger partial charge in [0, 0.05) is 0 Å². The second-order valence-corrected chi connectivity index (χ2v) is 4.51. The van der Waals surface area contributed by atoms with Gasteiger partial charge in [0.05, 0.1) is 5.71 Å². The first-order valence-electron chi connectivity index (χ1n) is 4.35. The number of hydrogen-bond acceptors (Lipinski definition) is 1. The molecule has 1 aliphatic carbocycles. The van der Waals surface area contributed by atoms with Gasteiger partial charge in [-0.15, -0.1) is 0 Å². The summed E-state index contributed by atoms with van der Waals surface area (Å²) in [7, 11) is 0. The quantitative estimate of drug-likeness (QED) is 0.562. The summed E-state index contributed by atoms with van der Waals surface area (Å²) in [5, 5.41) is 0. The maximum absolute atomic E-state index is 4.45. The van der Waals surface area contributed by atoms with Crippen molar-refractivity contribution in [3.05, 3.63) is 22.3 Å². The van der Waals surface area contributed by atoms with Crippen molar-refractivity contribution in [3.8, 4) is 0 Å². The summed E-state index contributed by atoms with van der Waals surface area (Å²) in [6.45, 7) is 4.52. The molecule has 64 valence electrons. The predicted molar refractivity (Wildman–Crippen MR) is 55.5 cm³/mol. The van der Waals surface area contributed by atoms with Crippen LogP contribution in [0.5, 0.6) is 0 Å². The average molecular weight is 226 g/mol. The molecular weight excluding hydrogens is 214 g/mol. The Hall–Kier alpha value is -0.370. The number of rotatable bonds is 0. The summed E-state index contributed by atoms with van der Waals surface area (Å²) in [5.74, 6) is 1.31. The Morgan fingerprint density at radius 2 is 2.25 bits per heavy atom. The Morgan fingerprint density at radius 3 is 3.00 bits per heavy atom. The zero-order valence-electron chi connectivity index (χ0n) is 7.34. The lowest BCUT2D eigenvalue weighted by Crippen LogP contribution is -2.19. The van der Waals surface area contributed by atoms with Crippen molar-refractivity contribution in [2.75, 3.05) is 0 Å². The van der Waals surface area contributed by atoms with E-state index in [2.05, 4.69) is 46.9 Å². The molecular formula is C10H12BrN. The van der Waals surface area contributed by atoms with Gasteiger partial charge in [0.1, 0.15) is 4.61 Å². The molecule has 1 nitrogen and oxygen atoms in total. The summed E-state index contributed by atoms with van der Waals surface area (Å²) in [4.78, 5) is 4.45. The van der Waals surface area contributed by atoms with E-state index in [0.29, 0.717) is 11.8 Å². The summed E-state index contributed by atoms with van der Waals surface area (Å²) in [6, 6.07) is 0. The molecule has 0 saturated carbocycles. The van der Waals surface area contributed by atoms with Crippen LogP contribution in [0.3, 0.4) is 0 Å². The minimum atomic E-state index is 0.617. The lowest BCUT2D eigenvalue weighted by Gasteiger charge is -2.21. The molecule has 2 aliphatic rings. The van der Waals surface area contributed by atoms with E-state index in [-0.39, 0.29) is 0 Å². The molecule has 2 unspecified atom stereocenters. The maximum Gasteiger partial charge on any atom is 0.107 e. The van der Waals surface area contributed by atoms with Crippen LogP contribution in [-0.2, 0) is 0 Å². The molecule has 0 aromatic heterocycles. The Bertz CT molecular complexity index is 299. The van der Waals surface area contributed by atoms with Crippen LogP contribution in [-0.4, -0.2) is 5.71 Å². The van der Waals surface area contributed by atoms with E-state index in [1.807, 2.05) is 0 Å². The normalized spacial score (nSPS) is 33.8.